The fourth-order valence-corrected chi connectivity index (χ4v) is 4.75. The molecule has 0 heterocycles. The van der Waals surface area contributed by atoms with Crippen molar-refractivity contribution >= 4 is 27.5 Å². The zero-order valence-corrected chi connectivity index (χ0v) is 23.4. The van der Waals surface area contributed by atoms with Crippen molar-refractivity contribution in [1.29, 1.82) is 0 Å². The van der Waals surface area contributed by atoms with E-state index in [1.54, 1.807) is 12.1 Å². The second-order valence-electron chi connectivity index (χ2n) is 8.88. The topological polar surface area (TPSA) is 105 Å². The number of rotatable bonds is 14. The monoisotopic (exact) mass is 533 g/mol. The molecule has 0 saturated carbocycles. The van der Waals surface area contributed by atoms with Gasteiger partial charge in [-0.1, -0.05) is 50.1 Å². The van der Waals surface area contributed by atoms with Crippen LogP contribution in [0.4, 0.5) is 5.69 Å². The van der Waals surface area contributed by atoms with E-state index >= 15 is 0 Å². The number of methoxy groups -OCH3 is 2. The lowest BCUT2D eigenvalue weighted by molar-refractivity contribution is -0.140. The summed E-state index contributed by atoms with van der Waals surface area (Å²) in [7, 11) is -1.02. The summed E-state index contributed by atoms with van der Waals surface area (Å²) in [6.45, 7) is 5.99. The molecule has 9 nitrogen and oxygen atoms in total. The number of sulfonamides is 1. The number of nitrogens with one attached hydrogen (secondary N) is 1. The van der Waals surface area contributed by atoms with Gasteiger partial charge >= 0.3 is 0 Å². The van der Waals surface area contributed by atoms with Crippen molar-refractivity contribution in [2.45, 2.75) is 52.6 Å². The summed E-state index contributed by atoms with van der Waals surface area (Å²) in [5.74, 6) is -0.0850. The molecule has 0 bridgehead atoms. The molecule has 2 rings (SSSR count). The largest absolute Gasteiger partial charge is 0.497 e. The number of amides is 2. The Morgan fingerprint density at radius 1 is 1.03 bits per heavy atom. The highest BCUT2D eigenvalue weighted by molar-refractivity contribution is 7.92. The number of benzene rings is 2. The molecule has 0 aliphatic rings. The number of carbonyl (C=O) groups is 2. The molecule has 1 N–H and O–H groups in total. The van der Waals surface area contributed by atoms with Gasteiger partial charge in [0.2, 0.25) is 21.8 Å². The Hall–Kier alpha value is -3.27. The molecule has 0 aliphatic carbocycles. The number of aryl methyl sites for hydroxylation is 1. The van der Waals surface area contributed by atoms with Crippen LogP contribution in [0.3, 0.4) is 0 Å². The van der Waals surface area contributed by atoms with Gasteiger partial charge in [0, 0.05) is 19.2 Å². The maximum atomic E-state index is 13.8. The predicted molar refractivity (Wildman–Crippen MR) is 145 cm³/mol. The van der Waals surface area contributed by atoms with Crippen LogP contribution < -0.4 is 19.1 Å². The first-order valence-corrected chi connectivity index (χ1v) is 14.2. The van der Waals surface area contributed by atoms with Gasteiger partial charge < -0.3 is 19.7 Å². The van der Waals surface area contributed by atoms with Crippen molar-refractivity contribution in [3.05, 3.63) is 53.6 Å². The maximum Gasteiger partial charge on any atom is 0.244 e. The van der Waals surface area contributed by atoms with Gasteiger partial charge in [0.05, 0.1) is 26.2 Å². The van der Waals surface area contributed by atoms with Crippen molar-refractivity contribution in [2.24, 2.45) is 0 Å². The molecule has 0 spiro atoms. The molecule has 10 heteroatoms. The summed E-state index contributed by atoms with van der Waals surface area (Å²) < 4.78 is 37.4. The van der Waals surface area contributed by atoms with Crippen LogP contribution in [0.25, 0.3) is 0 Å². The summed E-state index contributed by atoms with van der Waals surface area (Å²) in [5.41, 5.74) is 2.08. The van der Waals surface area contributed by atoms with Gasteiger partial charge in [-0.15, -0.1) is 0 Å². The van der Waals surface area contributed by atoms with E-state index in [1.807, 2.05) is 45.0 Å². The van der Waals surface area contributed by atoms with Gasteiger partial charge in [0.1, 0.15) is 24.1 Å². The quantitative estimate of drug-likeness (QED) is 0.373. The maximum absolute atomic E-state index is 13.8. The van der Waals surface area contributed by atoms with Crippen LogP contribution in [0, 0.1) is 6.92 Å². The molecule has 0 radical (unpaired) electrons. The normalized spacial score (nSPS) is 11.9. The number of hydrogen-bond donors (Lipinski definition) is 1. The fraction of sp³-hybridized carbons (Fsp3) is 0.481. The number of anilines is 1. The van der Waals surface area contributed by atoms with E-state index in [2.05, 4.69) is 5.32 Å². The van der Waals surface area contributed by atoms with Crippen molar-refractivity contribution in [1.82, 2.24) is 10.2 Å². The lowest BCUT2D eigenvalue weighted by Gasteiger charge is -2.33. The van der Waals surface area contributed by atoms with E-state index < -0.39 is 28.5 Å². The molecule has 1 atom stereocenters. The molecule has 37 heavy (non-hydrogen) atoms. The SMILES string of the molecule is CCCCNC(=O)[C@H](CC)N(Cc1ccc(C)cc1)C(=O)CN(c1cc(OC)ccc1OC)S(C)(=O)=O. The molecular formula is C27H39N3O6S. The number of ether oxygens (including phenoxy) is 2. The summed E-state index contributed by atoms with van der Waals surface area (Å²) in [6, 6.07) is 11.6. The highest BCUT2D eigenvalue weighted by atomic mass is 32.2. The first-order chi connectivity index (χ1) is 17.5. The second kappa shape index (κ2) is 13.9. The Labute approximate surface area is 220 Å². The molecule has 2 aromatic carbocycles. The minimum absolute atomic E-state index is 0.158. The fourth-order valence-electron chi connectivity index (χ4n) is 3.90. The molecule has 0 unspecified atom stereocenters. The molecule has 0 fully saturated rings. The zero-order chi connectivity index (χ0) is 27.6. The summed E-state index contributed by atoms with van der Waals surface area (Å²) in [5, 5.41) is 2.91. The minimum Gasteiger partial charge on any atom is -0.497 e. The molecule has 0 saturated heterocycles. The first-order valence-electron chi connectivity index (χ1n) is 12.4. The zero-order valence-electron chi connectivity index (χ0n) is 22.6. The van der Waals surface area contributed by atoms with Crippen LogP contribution in [0.15, 0.2) is 42.5 Å². The molecule has 0 aliphatic heterocycles. The van der Waals surface area contributed by atoms with Crippen LogP contribution in [-0.4, -0.2) is 64.7 Å². The Morgan fingerprint density at radius 2 is 1.70 bits per heavy atom. The van der Waals surface area contributed by atoms with E-state index in [1.165, 1.54) is 25.2 Å². The van der Waals surface area contributed by atoms with Crippen molar-refractivity contribution in [2.75, 3.05) is 37.9 Å². The van der Waals surface area contributed by atoms with Crippen molar-refractivity contribution in [3.63, 3.8) is 0 Å². The van der Waals surface area contributed by atoms with Crippen molar-refractivity contribution < 1.29 is 27.5 Å². The third kappa shape index (κ3) is 8.38. The highest BCUT2D eigenvalue weighted by Crippen LogP contribution is 2.34. The van der Waals surface area contributed by atoms with Gasteiger partial charge in [-0.25, -0.2) is 8.42 Å². The second-order valence-corrected chi connectivity index (χ2v) is 10.8. The van der Waals surface area contributed by atoms with Crippen LogP contribution in [-0.2, 0) is 26.2 Å². The summed E-state index contributed by atoms with van der Waals surface area (Å²) in [4.78, 5) is 28.4. The van der Waals surface area contributed by atoms with Crippen LogP contribution in [0.2, 0.25) is 0 Å². The van der Waals surface area contributed by atoms with Gasteiger partial charge in [-0.05, 0) is 37.5 Å². The van der Waals surface area contributed by atoms with Gasteiger partial charge in [0.25, 0.3) is 0 Å². The van der Waals surface area contributed by atoms with Gasteiger partial charge in [-0.2, -0.15) is 0 Å². The highest BCUT2D eigenvalue weighted by Gasteiger charge is 2.32. The lowest BCUT2D eigenvalue weighted by atomic mass is 10.1. The molecule has 0 aromatic heterocycles. The molecule has 204 valence electrons. The Kier molecular flexibility index (Phi) is 11.2. The average molecular weight is 534 g/mol. The Bertz CT molecular complexity index is 1150. The molecular weight excluding hydrogens is 494 g/mol. The van der Waals surface area contributed by atoms with E-state index in [9.17, 15) is 18.0 Å². The predicted octanol–water partition coefficient (Wildman–Crippen LogP) is 3.50. The first kappa shape index (κ1) is 30.0. The molecule has 2 amide bonds. The van der Waals surface area contributed by atoms with E-state index in [-0.39, 0.29) is 23.9 Å². The smallest absolute Gasteiger partial charge is 0.244 e. The van der Waals surface area contributed by atoms with E-state index in [0.29, 0.717) is 18.7 Å². The van der Waals surface area contributed by atoms with Crippen LogP contribution >= 0.6 is 0 Å². The van der Waals surface area contributed by atoms with Crippen LogP contribution in [0.1, 0.15) is 44.2 Å². The summed E-state index contributed by atoms with van der Waals surface area (Å²) in [6.07, 6.45) is 3.15. The summed E-state index contributed by atoms with van der Waals surface area (Å²) >= 11 is 0. The van der Waals surface area contributed by atoms with E-state index in [0.717, 1.165) is 34.5 Å². The van der Waals surface area contributed by atoms with E-state index in [4.69, 9.17) is 9.47 Å². The average Bonchev–Trinajstić information content (AvgIpc) is 2.87. The minimum atomic E-state index is -3.90. The van der Waals surface area contributed by atoms with Crippen molar-refractivity contribution in [3.8, 4) is 11.5 Å². The van der Waals surface area contributed by atoms with Crippen LogP contribution in [0.5, 0.6) is 11.5 Å². The third-order valence-corrected chi connectivity index (χ3v) is 7.15. The number of hydrogen-bond acceptors (Lipinski definition) is 6. The number of carbonyl (C=O) groups excluding carboxylic acids is 2. The Balaban J connectivity index is 2.48. The number of nitrogens with zero attached hydrogens (tertiary/aromatic N) is 2. The Morgan fingerprint density at radius 3 is 2.24 bits per heavy atom. The molecule has 2 aromatic rings. The third-order valence-electron chi connectivity index (χ3n) is 6.02. The van der Waals surface area contributed by atoms with Gasteiger partial charge in [-0.3, -0.25) is 13.9 Å². The number of unbranched alkanes of at least 4 members (excludes halogenated alkanes) is 1. The standard InChI is InChI=1S/C27H39N3O6S/c1-7-9-16-28-27(32)23(8-2)29(18-21-12-10-20(3)11-13-21)26(31)19-30(37(6,33)34)24-17-22(35-4)14-15-25(24)36-5/h10-15,17,23H,7-9,16,18-19H2,1-6H3,(H,28,32)/t23-/m0/s1. The lowest BCUT2D eigenvalue weighted by Crippen LogP contribution is -2.52. The van der Waals surface area contributed by atoms with Gasteiger partial charge in [0.15, 0.2) is 0 Å².